The summed E-state index contributed by atoms with van der Waals surface area (Å²) in [6.07, 6.45) is 3.41. The number of fused-ring (bicyclic) bond motifs is 2. The van der Waals surface area contributed by atoms with Gasteiger partial charge in [-0.25, -0.2) is 0 Å². The van der Waals surface area contributed by atoms with Crippen molar-refractivity contribution in [3.8, 4) is 5.75 Å². The third kappa shape index (κ3) is 9.50. The van der Waals surface area contributed by atoms with Crippen molar-refractivity contribution < 1.29 is 39.2 Å². The molecule has 0 unspecified atom stereocenters. The predicted molar refractivity (Wildman–Crippen MR) is 251 cm³/mol. The summed E-state index contributed by atoms with van der Waals surface area (Å²) in [5, 5.41) is 47.1. The number of nitrogens with zero attached hydrogens (tertiary/aromatic N) is 1. The number of imide groups is 1. The van der Waals surface area contributed by atoms with E-state index in [1.807, 2.05) is 97.1 Å². The second-order valence-electron chi connectivity index (χ2n) is 18.0. The van der Waals surface area contributed by atoms with Crippen LogP contribution in [0.25, 0.3) is 22.4 Å². The number of amides is 2. The zero-order valence-electron chi connectivity index (χ0n) is 36.5. The molecule has 0 radical (unpaired) electrons. The van der Waals surface area contributed by atoms with Crippen LogP contribution in [0.5, 0.6) is 5.75 Å². The minimum absolute atomic E-state index is 0.0201. The van der Waals surface area contributed by atoms with Gasteiger partial charge in [-0.05, 0) is 86.8 Å². The van der Waals surface area contributed by atoms with E-state index in [-0.39, 0.29) is 55.0 Å². The van der Waals surface area contributed by atoms with Crippen LogP contribution in [0.2, 0.25) is 5.04 Å². The first-order valence-corrected chi connectivity index (χ1v) is 24.1. The zero-order valence-corrected chi connectivity index (χ0v) is 37.5. The molecule has 7 rings (SSSR count). The standard InChI is InChI=1S/C53H59NO8Si/c1-53(2,3)63(40-20-10-5-11-21-40,41-22-12-6-13-23-41)62-35-39-33-44-50(52(61)54(51(44)60)31-17-7-14-26-48(58)59)45(34-55)49(39)47(57)30-27-37(36-18-8-4-9-19-36)32-38-28-29-46(56)43-25-16-15-24-42(38)43/h4-6,8-13,15-16,18-25,28-29,32,44-45,47,50,55-57H,7,14,17,26-27,30-31,33-35H2,1-3H3,(H,58,59)/b37-32-/t44-,45+,47-,50-/m1/s1. The maximum Gasteiger partial charge on any atom is 0.303 e. The molecule has 0 saturated carbocycles. The number of aliphatic hydroxyl groups excluding tert-OH is 2. The third-order valence-electron chi connectivity index (χ3n) is 13.1. The Morgan fingerprint density at radius 1 is 0.794 bits per heavy atom. The third-order valence-corrected chi connectivity index (χ3v) is 18.1. The van der Waals surface area contributed by atoms with Crippen LogP contribution in [0.1, 0.15) is 76.8 Å². The van der Waals surface area contributed by atoms with E-state index in [2.05, 4.69) is 51.1 Å². The minimum atomic E-state index is -3.10. The highest BCUT2D eigenvalue weighted by atomic mass is 28.4. The van der Waals surface area contributed by atoms with Gasteiger partial charge >= 0.3 is 5.97 Å². The molecule has 5 aromatic carbocycles. The molecule has 1 heterocycles. The maximum atomic E-state index is 14.3. The van der Waals surface area contributed by atoms with Gasteiger partial charge in [0.2, 0.25) is 11.8 Å². The minimum Gasteiger partial charge on any atom is -0.507 e. The molecule has 0 bridgehead atoms. The van der Waals surface area contributed by atoms with E-state index in [1.165, 1.54) is 4.90 Å². The van der Waals surface area contributed by atoms with E-state index in [1.54, 1.807) is 6.07 Å². The van der Waals surface area contributed by atoms with Gasteiger partial charge in [0.05, 0.1) is 31.2 Å². The summed E-state index contributed by atoms with van der Waals surface area (Å²) < 4.78 is 7.45. The fraction of sp³-hybridized carbons (Fsp3) is 0.340. The molecule has 5 aromatic rings. The van der Waals surface area contributed by atoms with Crippen LogP contribution in [0.3, 0.4) is 0 Å². The number of aliphatic hydroxyl groups is 2. The molecule has 1 saturated heterocycles. The summed E-state index contributed by atoms with van der Waals surface area (Å²) >= 11 is 0. The largest absolute Gasteiger partial charge is 0.507 e. The number of rotatable bonds is 18. The predicted octanol–water partition coefficient (Wildman–Crippen LogP) is 8.36. The number of carbonyl (C=O) groups is 3. The smallest absolute Gasteiger partial charge is 0.303 e. The summed E-state index contributed by atoms with van der Waals surface area (Å²) in [5.74, 6) is -3.75. The van der Waals surface area contributed by atoms with Crippen molar-refractivity contribution in [1.82, 2.24) is 4.90 Å². The molecule has 0 spiro atoms. The van der Waals surface area contributed by atoms with Gasteiger partial charge in [-0.1, -0.05) is 155 Å². The van der Waals surface area contributed by atoms with Gasteiger partial charge in [0, 0.05) is 24.3 Å². The zero-order chi connectivity index (χ0) is 44.7. The Morgan fingerprint density at radius 3 is 2.00 bits per heavy atom. The summed E-state index contributed by atoms with van der Waals surface area (Å²) in [6.45, 7) is 6.40. The second kappa shape index (κ2) is 19.8. The Labute approximate surface area is 371 Å². The first kappa shape index (κ1) is 45.4. The van der Waals surface area contributed by atoms with Crippen molar-refractivity contribution >= 4 is 58.9 Å². The Hall–Kier alpha value is -5.65. The van der Waals surface area contributed by atoms with Crippen molar-refractivity contribution in [3.05, 3.63) is 150 Å². The lowest BCUT2D eigenvalue weighted by atomic mass is 9.68. The average molecular weight is 866 g/mol. The number of unbranched alkanes of at least 4 members (excludes halogenated alkanes) is 2. The molecule has 328 valence electrons. The topological polar surface area (TPSA) is 145 Å². The van der Waals surface area contributed by atoms with Crippen molar-refractivity contribution in [1.29, 1.82) is 0 Å². The monoisotopic (exact) mass is 865 g/mol. The average Bonchev–Trinajstić information content (AvgIpc) is 3.52. The number of phenols is 1. The molecule has 4 atom stereocenters. The van der Waals surface area contributed by atoms with E-state index in [9.17, 15) is 29.7 Å². The van der Waals surface area contributed by atoms with Crippen LogP contribution in [-0.2, 0) is 18.8 Å². The highest BCUT2D eigenvalue weighted by Gasteiger charge is 2.56. The van der Waals surface area contributed by atoms with Gasteiger partial charge in [-0.15, -0.1) is 0 Å². The van der Waals surface area contributed by atoms with E-state index in [0.717, 1.165) is 43.4 Å². The SMILES string of the molecule is CC(C)(C)[Si](OCC1=C([C@H](O)CC/C(=C/c2ccc(O)c3ccccc23)c2ccccc2)[C@H](CO)[C@@H]2C(=O)N(CCCCCC(=O)O)C(=O)[C@@H]2C1)(c1ccccc1)c1ccccc1. The first-order valence-electron chi connectivity index (χ1n) is 22.1. The maximum absolute atomic E-state index is 14.3. The Kier molecular flexibility index (Phi) is 14.3. The van der Waals surface area contributed by atoms with Gasteiger partial charge in [0.15, 0.2) is 0 Å². The number of phenolic OH excluding ortho intramolecular Hbond substituents is 1. The molecule has 9 nitrogen and oxygen atoms in total. The molecule has 1 fully saturated rings. The molecule has 4 N–H and O–H groups in total. The molecule has 10 heteroatoms. The fourth-order valence-electron chi connectivity index (χ4n) is 10.1. The molecule has 2 aliphatic rings. The number of carboxylic acid groups (broad SMARTS) is 1. The Morgan fingerprint density at radius 2 is 1.40 bits per heavy atom. The summed E-state index contributed by atoms with van der Waals surface area (Å²) in [5.41, 5.74) is 4.15. The summed E-state index contributed by atoms with van der Waals surface area (Å²) in [7, 11) is -3.10. The summed E-state index contributed by atoms with van der Waals surface area (Å²) in [4.78, 5) is 41.0. The van der Waals surface area contributed by atoms with Gasteiger partial charge in [-0.3, -0.25) is 19.3 Å². The van der Waals surface area contributed by atoms with Crippen LogP contribution in [0, 0.1) is 17.8 Å². The van der Waals surface area contributed by atoms with Crippen molar-refractivity contribution in [3.63, 3.8) is 0 Å². The number of aliphatic carboxylic acids is 1. The molecular weight excluding hydrogens is 807 g/mol. The molecule has 0 aromatic heterocycles. The normalized spacial score (nSPS) is 18.8. The Bertz CT molecular complexity index is 2420. The number of hydrogen-bond donors (Lipinski definition) is 4. The molecule has 2 amide bonds. The number of allylic oxidation sites excluding steroid dienone is 1. The molecular formula is C53H59NO8Si. The second-order valence-corrected chi connectivity index (χ2v) is 22.3. The fourth-order valence-corrected chi connectivity index (χ4v) is 14.6. The van der Waals surface area contributed by atoms with Crippen LogP contribution in [0.4, 0.5) is 0 Å². The van der Waals surface area contributed by atoms with E-state index >= 15 is 0 Å². The lowest BCUT2D eigenvalue weighted by Crippen LogP contribution is -2.66. The van der Waals surface area contributed by atoms with Crippen molar-refractivity contribution in [2.45, 2.75) is 76.9 Å². The highest BCUT2D eigenvalue weighted by Crippen LogP contribution is 2.47. The quantitative estimate of drug-likeness (QED) is 0.0226. The molecule has 63 heavy (non-hydrogen) atoms. The lowest BCUT2D eigenvalue weighted by molar-refractivity contribution is -0.141. The first-order chi connectivity index (χ1) is 30.4. The van der Waals surface area contributed by atoms with Crippen LogP contribution < -0.4 is 10.4 Å². The number of benzene rings is 5. The van der Waals surface area contributed by atoms with E-state index in [0.29, 0.717) is 31.3 Å². The van der Waals surface area contributed by atoms with Gasteiger partial charge in [0.1, 0.15) is 5.75 Å². The molecule has 1 aliphatic heterocycles. The van der Waals surface area contributed by atoms with Crippen molar-refractivity contribution in [2.75, 3.05) is 19.8 Å². The number of hydrogen-bond acceptors (Lipinski definition) is 7. The Balaban J connectivity index is 1.28. The van der Waals surface area contributed by atoms with Crippen molar-refractivity contribution in [2.24, 2.45) is 17.8 Å². The number of aromatic hydroxyl groups is 1. The summed E-state index contributed by atoms with van der Waals surface area (Å²) in [6, 6.07) is 41.8. The van der Waals surface area contributed by atoms with Gasteiger partial charge < -0.3 is 24.9 Å². The molecule has 1 aliphatic carbocycles. The number of carbonyl (C=O) groups excluding carboxylic acids is 2. The number of likely N-dealkylation sites (tertiary alicyclic amines) is 1. The van der Waals surface area contributed by atoms with E-state index in [4.69, 9.17) is 9.53 Å². The van der Waals surface area contributed by atoms with Gasteiger partial charge in [0.25, 0.3) is 8.32 Å². The lowest BCUT2D eigenvalue weighted by Gasteiger charge is -2.44. The van der Waals surface area contributed by atoms with Crippen LogP contribution in [0.15, 0.2) is 139 Å². The highest BCUT2D eigenvalue weighted by molar-refractivity contribution is 6.99. The van der Waals surface area contributed by atoms with Gasteiger partial charge in [-0.2, -0.15) is 0 Å². The van der Waals surface area contributed by atoms with Crippen LogP contribution >= 0.6 is 0 Å². The number of carboxylic acids is 1. The van der Waals surface area contributed by atoms with Crippen LogP contribution in [-0.4, -0.2) is 77.3 Å². The van der Waals surface area contributed by atoms with E-state index < -0.39 is 44.8 Å².